The van der Waals surface area contributed by atoms with E-state index in [4.69, 9.17) is 11.0 Å². The van der Waals surface area contributed by atoms with Gasteiger partial charge in [-0.2, -0.15) is 5.26 Å². The summed E-state index contributed by atoms with van der Waals surface area (Å²) in [4.78, 5) is 1.32. The highest BCUT2D eigenvalue weighted by atomic mass is 32.1. The van der Waals surface area contributed by atoms with E-state index in [-0.39, 0.29) is 0 Å². The van der Waals surface area contributed by atoms with Gasteiger partial charge in [-0.3, -0.25) is 0 Å². The van der Waals surface area contributed by atoms with Crippen LogP contribution in [0.15, 0.2) is 11.4 Å². The van der Waals surface area contributed by atoms with Gasteiger partial charge in [-0.15, -0.1) is 11.3 Å². The van der Waals surface area contributed by atoms with Crippen LogP contribution in [0.4, 0.5) is 0 Å². The van der Waals surface area contributed by atoms with E-state index in [9.17, 15) is 0 Å². The summed E-state index contributed by atoms with van der Waals surface area (Å²) in [5.41, 5.74) is 6.53. The van der Waals surface area contributed by atoms with E-state index in [0.29, 0.717) is 5.92 Å². The highest BCUT2D eigenvalue weighted by molar-refractivity contribution is 7.10. The van der Waals surface area contributed by atoms with Gasteiger partial charge in [0.25, 0.3) is 0 Å². The minimum atomic E-state index is -0.461. The van der Waals surface area contributed by atoms with Crippen LogP contribution in [0.2, 0.25) is 0 Å². The zero-order chi connectivity index (χ0) is 9.84. The lowest BCUT2D eigenvalue weighted by atomic mass is 10.1. The summed E-state index contributed by atoms with van der Waals surface area (Å²) >= 11 is 1.69. The summed E-state index contributed by atoms with van der Waals surface area (Å²) in [6.45, 7) is 4.37. The maximum atomic E-state index is 8.61. The second kappa shape index (κ2) is 4.40. The molecule has 0 bridgehead atoms. The Kier molecular flexibility index (Phi) is 3.47. The fourth-order valence-electron chi connectivity index (χ4n) is 1.14. The van der Waals surface area contributed by atoms with Crippen molar-refractivity contribution in [1.82, 2.24) is 0 Å². The van der Waals surface area contributed by atoms with Crippen LogP contribution in [0.25, 0.3) is 0 Å². The quantitative estimate of drug-likeness (QED) is 0.803. The zero-order valence-electron chi connectivity index (χ0n) is 7.95. The summed E-state index contributed by atoms with van der Waals surface area (Å²) in [5, 5.41) is 10.6. The van der Waals surface area contributed by atoms with Gasteiger partial charge in [0, 0.05) is 4.88 Å². The largest absolute Gasteiger partial charge is 0.312 e. The average Bonchev–Trinajstić information content (AvgIpc) is 2.50. The number of hydrogen-bond donors (Lipinski definition) is 1. The molecular weight excluding hydrogens is 180 g/mol. The van der Waals surface area contributed by atoms with Crippen molar-refractivity contribution in [3.05, 3.63) is 21.9 Å². The standard InChI is InChI=1S/C10H14N2S/c1-7(2)3-9-4-8(6-13-9)10(12)5-11/h4,6-7,10H,3,12H2,1-2H3. The third-order valence-corrected chi connectivity index (χ3v) is 2.76. The Labute approximate surface area is 83.0 Å². The zero-order valence-corrected chi connectivity index (χ0v) is 8.77. The molecule has 0 spiro atoms. The van der Waals surface area contributed by atoms with Crippen LogP contribution in [0.1, 0.15) is 30.3 Å². The summed E-state index contributed by atoms with van der Waals surface area (Å²) in [6.07, 6.45) is 1.07. The smallest absolute Gasteiger partial charge is 0.119 e. The van der Waals surface area contributed by atoms with Crippen LogP contribution in [-0.2, 0) is 6.42 Å². The number of thiophene rings is 1. The third-order valence-electron chi connectivity index (χ3n) is 1.78. The normalized spacial score (nSPS) is 12.8. The molecule has 0 amide bonds. The van der Waals surface area contributed by atoms with E-state index in [1.54, 1.807) is 11.3 Å². The molecule has 2 nitrogen and oxygen atoms in total. The predicted molar refractivity (Wildman–Crippen MR) is 55.4 cm³/mol. The van der Waals surface area contributed by atoms with Crippen molar-refractivity contribution >= 4 is 11.3 Å². The van der Waals surface area contributed by atoms with Gasteiger partial charge >= 0.3 is 0 Å². The van der Waals surface area contributed by atoms with Gasteiger partial charge in [0.2, 0.25) is 0 Å². The van der Waals surface area contributed by atoms with Gasteiger partial charge in [-0.25, -0.2) is 0 Å². The van der Waals surface area contributed by atoms with Crippen LogP contribution in [-0.4, -0.2) is 0 Å². The first kappa shape index (κ1) is 10.2. The Bertz CT molecular complexity index is 309. The molecule has 70 valence electrons. The van der Waals surface area contributed by atoms with E-state index < -0.39 is 6.04 Å². The molecule has 0 saturated carbocycles. The molecule has 1 aromatic heterocycles. The molecule has 0 fully saturated rings. The summed E-state index contributed by atoms with van der Waals surface area (Å²) in [5.74, 6) is 0.657. The van der Waals surface area contributed by atoms with Crippen molar-refractivity contribution in [2.75, 3.05) is 0 Å². The summed E-state index contributed by atoms with van der Waals surface area (Å²) in [6, 6.07) is 3.61. The molecular formula is C10H14N2S. The molecule has 1 atom stereocenters. The van der Waals surface area contributed by atoms with Crippen molar-refractivity contribution in [1.29, 1.82) is 5.26 Å². The van der Waals surface area contributed by atoms with Gasteiger partial charge in [0.15, 0.2) is 0 Å². The maximum Gasteiger partial charge on any atom is 0.119 e. The van der Waals surface area contributed by atoms with E-state index in [0.717, 1.165) is 12.0 Å². The number of rotatable bonds is 3. The Morgan fingerprint density at radius 1 is 1.62 bits per heavy atom. The molecule has 0 radical (unpaired) electrons. The van der Waals surface area contributed by atoms with Crippen molar-refractivity contribution in [3.8, 4) is 6.07 Å². The van der Waals surface area contributed by atoms with Crippen LogP contribution in [0, 0.1) is 17.2 Å². The van der Waals surface area contributed by atoms with Crippen LogP contribution >= 0.6 is 11.3 Å². The second-order valence-corrected chi connectivity index (χ2v) is 4.55. The molecule has 2 N–H and O–H groups in total. The highest BCUT2D eigenvalue weighted by Crippen LogP contribution is 2.21. The van der Waals surface area contributed by atoms with E-state index in [1.807, 2.05) is 17.5 Å². The molecule has 0 saturated heterocycles. The molecule has 0 aromatic carbocycles. The minimum Gasteiger partial charge on any atom is -0.312 e. The first-order chi connectivity index (χ1) is 6.13. The number of nitriles is 1. The van der Waals surface area contributed by atoms with Crippen LogP contribution < -0.4 is 5.73 Å². The van der Waals surface area contributed by atoms with E-state index in [2.05, 4.69) is 13.8 Å². The first-order valence-electron chi connectivity index (χ1n) is 4.36. The maximum absolute atomic E-state index is 8.61. The number of hydrogen-bond acceptors (Lipinski definition) is 3. The van der Waals surface area contributed by atoms with Crippen molar-refractivity contribution < 1.29 is 0 Å². The van der Waals surface area contributed by atoms with Gasteiger partial charge in [-0.05, 0) is 29.3 Å². The molecule has 13 heavy (non-hydrogen) atoms. The lowest BCUT2D eigenvalue weighted by Gasteiger charge is -2.00. The molecule has 0 aliphatic rings. The van der Waals surface area contributed by atoms with Crippen molar-refractivity contribution in [3.63, 3.8) is 0 Å². The predicted octanol–water partition coefficient (Wildman–Crippen LogP) is 2.47. The molecule has 1 rings (SSSR count). The lowest BCUT2D eigenvalue weighted by molar-refractivity contribution is 0.653. The highest BCUT2D eigenvalue weighted by Gasteiger charge is 2.07. The molecule has 0 aliphatic heterocycles. The van der Waals surface area contributed by atoms with Gasteiger partial charge in [0.1, 0.15) is 6.04 Å². The fourth-order valence-corrected chi connectivity index (χ4v) is 2.28. The molecule has 0 aliphatic carbocycles. The topological polar surface area (TPSA) is 49.8 Å². The SMILES string of the molecule is CC(C)Cc1cc(C(N)C#N)cs1. The first-order valence-corrected chi connectivity index (χ1v) is 5.24. The Balaban J connectivity index is 2.70. The molecule has 3 heteroatoms. The van der Waals surface area contributed by atoms with Crippen LogP contribution in [0.5, 0.6) is 0 Å². The van der Waals surface area contributed by atoms with Crippen molar-refractivity contribution in [2.24, 2.45) is 11.7 Å². The molecule has 1 heterocycles. The Hall–Kier alpha value is -0.850. The fraction of sp³-hybridized carbons (Fsp3) is 0.500. The molecule has 1 aromatic rings. The van der Waals surface area contributed by atoms with Gasteiger partial charge in [-0.1, -0.05) is 13.8 Å². The Morgan fingerprint density at radius 3 is 2.85 bits per heavy atom. The van der Waals surface area contributed by atoms with E-state index in [1.165, 1.54) is 4.88 Å². The lowest BCUT2D eigenvalue weighted by Crippen LogP contribution is -2.05. The Morgan fingerprint density at radius 2 is 2.31 bits per heavy atom. The molecule has 1 unspecified atom stereocenters. The third kappa shape index (κ3) is 2.83. The summed E-state index contributed by atoms with van der Waals surface area (Å²) in [7, 11) is 0. The number of nitrogens with two attached hydrogens (primary N) is 1. The second-order valence-electron chi connectivity index (χ2n) is 3.55. The van der Waals surface area contributed by atoms with Crippen molar-refractivity contribution in [2.45, 2.75) is 26.3 Å². The average molecular weight is 194 g/mol. The summed E-state index contributed by atoms with van der Waals surface area (Å²) < 4.78 is 0. The minimum absolute atomic E-state index is 0.461. The van der Waals surface area contributed by atoms with E-state index >= 15 is 0 Å². The van der Waals surface area contributed by atoms with Crippen LogP contribution in [0.3, 0.4) is 0 Å². The monoisotopic (exact) mass is 194 g/mol. The van der Waals surface area contributed by atoms with Gasteiger partial charge in [0.05, 0.1) is 6.07 Å². The number of nitrogens with zero attached hydrogens (tertiary/aromatic N) is 1. The van der Waals surface area contributed by atoms with Gasteiger partial charge < -0.3 is 5.73 Å².